The summed E-state index contributed by atoms with van der Waals surface area (Å²) in [5.74, 6) is 0.0293. The second kappa shape index (κ2) is 10.9. The van der Waals surface area contributed by atoms with E-state index in [0.29, 0.717) is 0 Å². The zero-order chi connectivity index (χ0) is 15.2. The van der Waals surface area contributed by atoms with E-state index in [-0.39, 0.29) is 36.6 Å². The van der Waals surface area contributed by atoms with Crippen molar-refractivity contribution in [3.05, 3.63) is 29.8 Å². The van der Waals surface area contributed by atoms with Gasteiger partial charge in [-0.2, -0.15) is 0 Å². The molecule has 0 aromatic heterocycles. The molecule has 1 atom stereocenters. The molecule has 0 aliphatic carbocycles. The minimum Gasteiger partial charge on any atom is -0.325 e. The third kappa shape index (κ3) is 7.08. The number of hydrogen-bond donors (Lipinski definition) is 2. The number of nitrogens with zero attached hydrogens (tertiary/aromatic N) is 1. The van der Waals surface area contributed by atoms with E-state index in [1.165, 1.54) is 37.9 Å². The molecule has 0 radical (unpaired) electrons. The molecule has 1 aromatic rings. The summed E-state index contributed by atoms with van der Waals surface area (Å²) >= 11 is 0. The van der Waals surface area contributed by atoms with Gasteiger partial charge in [0, 0.05) is 12.2 Å². The van der Waals surface area contributed by atoms with Gasteiger partial charge in [0.25, 0.3) is 0 Å². The van der Waals surface area contributed by atoms with E-state index in [9.17, 15) is 4.79 Å². The van der Waals surface area contributed by atoms with Crippen LogP contribution in [0.4, 0.5) is 5.69 Å². The molecule has 1 unspecified atom stereocenters. The number of likely N-dealkylation sites (tertiary alicyclic amines) is 1. The van der Waals surface area contributed by atoms with Crippen LogP contribution in [0.1, 0.15) is 38.7 Å². The van der Waals surface area contributed by atoms with Gasteiger partial charge in [0.1, 0.15) is 0 Å². The predicted octanol–water partition coefficient (Wildman–Crippen LogP) is 3.44. The predicted molar refractivity (Wildman–Crippen MR) is 102 cm³/mol. The molecule has 1 heterocycles. The van der Waals surface area contributed by atoms with Crippen molar-refractivity contribution in [2.75, 3.05) is 18.4 Å². The summed E-state index contributed by atoms with van der Waals surface area (Å²) < 4.78 is 0. The standard InChI is InChI=1S/C17H27N3O.2ClH/c1-13(2)16(18)17(21)19-15-8-6-7-14(11-15)12-20-9-4-3-5-10-20;;/h6-8,11,13,16H,3-5,9-10,12,18H2,1-2H3,(H,19,21);2*1H. The number of carbonyl (C=O) groups excluding carboxylic acids is 1. The fourth-order valence-electron chi connectivity index (χ4n) is 2.65. The number of amides is 1. The number of carbonyl (C=O) groups is 1. The minimum atomic E-state index is -0.462. The van der Waals surface area contributed by atoms with Gasteiger partial charge in [-0.3, -0.25) is 9.69 Å². The molecule has 1 aliphatic heterocycles. The molecule has 0 saturated carbocycles. The number of anilines is 1. The van der Waals surface area contributed by atoms with Crippen LogP contribution in [0.15, 0.2) is 24.3 Å². The van der Waals surface area contributed by atoms with Crippen molar-refractivity contribution in [3.8, 4) is 0 Å². The fourth-order valence-corrected chi connectivity index (χ4v) is 2.65. The second-order valence-corrected chi connectivity index (χ2v) is 6.30. The Morgan fingerprint density at radius 1 is 1.22 bits per heavy atom. The Kier molecular flexibility index (Phi) is 10.5. The summed E-state index contributed by atoms with van der Waals surface area (Å²) in [5.41, 5.74) is 7.96. The van der Waals surface area contributed by atoms with E-state index in [0.717, 1.165) is 12.2 Å². The Morgan fingerprint density at radius 2 is 1.87 bits per heavy atom. The van der Waals surface area contributed by atoms with Gasteiger partial charge in [-0.1, -0.05) is 32.4 Å². The van der Waals surface area contributed by atoms with Crippen LogP contribution in [-0.4, -0.2) is 29.9 Å². The van der Waals surface area contributed by atoms with E-state index >= 15 is 0 Å². The molecular weight excluding hydrogens is 333 g/mol. The number of rotatable bonds is 5. The lowest BCUT2D eigenvalue weighted by Crippen LogP contribution is -2.39. The van der Waals surface area contributed by atoms with Gasteiger partial charge in [-0.05, 0) is 49.5 Å². The Balaban J connectivity index is 0.00000242. The maximum Gasteiger partial charge on any atom is 0.241 e. The van der Waals surface area contributed by atoms with Gasteiger partial charge in [-0.15, -0.1) is 24.8 Å². The van der Waals surface area contributed by atoms with Gasteiger partial charge in [0.05, 0.1) is 6.04 Å². The van der Waals surface area contributed by atoms with Crippen LogP contribution in [0.25, 0.3) is 0 Å². The van der Waals surface area contributed by atoms with Crippen LogP contribution >= 0.6 is 24.8 Å². The van der Waals surface area contributed by atoms with Gasteiger partial charge in [-0.25, -0.2) is 0 Å². The van der Waals surface area contributed by atoms with Gasteiger partial charge < -0.3 is 11.1 Å². The number of nitrogens with two attached hydrogens (primary N) is 1. The first-order valence-electron chi connectivity index (χ1n) is 7.94. The molecule has 1 saturated heterocycles. The molecular formula is C17H29Cl2N3O. The van der Waals surface area contributed by atoms with E-state index in [1.54, 1.807) is 0 Å². The molecule has 0 bridgehead atoms. The first kappa shape index (κ1) is 22.2. The van der Waals surface area contributed by atoms with Crippen molar-refractivity contribution in [2.24, 2.45) is 11.7 Å². The van der Waals surface area contributed by atoms with E-state index in [2.05, 4.69) is 22.3 Å². The van der Waals surface area contributed by atoms with Crippen molar-refractivity contribution in [2.45, 2.75) is 45.7 Å². The summed E-state index contributed by atoms with van der Waals surface area (Å²) in [7, 11) is 0. The van der Waals surface area contributed by atoms with Crippen molar-refractivity contribution in [1.29, 1.82) is 0 Å². The Hall–Kier alpha value is -0.810. The number of benzene rings is 1. The summed E-state index contributed by atoms with van der Waals surface area (Å²) in [6.07, 6.45) is 3.93. The second-order valence-electron chi connectivity index (χ2n) is 6.30. The van der Waals surface area contributed by atoms with Gasteiger partial charge in [0.15, 0.2) is 0 Å². The average Bonchev–Trinajstić information content (AvgIpc) is 2.47. The molecule has 132 valence electrons. The van der Waals surface area contributed by atoms with Crippen molar-refractivity contribution < 1.29 is 4.79 Å². The molecule has 2 rings (SSSR count). The van der Waals surface area contributed by atoms with Crippen molar-refractivity contribution in [1.82, 2.24) is 4.90 Å². The van der Waals surface area contributed by atoms with Gasteiger partial charge in [0.2, 0.25) is 5.91 Å². The molecule has 4 nitrogen and oxygen atoms in total. The highest BCUT2D eigenvalue weighted by Gasteiger charge is 2.17. The highest BCUT2D eigenvalue weighted by molar-refractivity contribution is 5.94. The van der Waals surface area contributed by atoms with E-state index < -0.39 is 6.04 Å². The minimum absolute atomic E-state index is 0. The molecule has 23 heavy (non-hydrogen) atoms. The highest BCUT2D eigenvalue weighted by atomic mass is 35.5. The Labute approximate surface area is 152 Å². The van der Waals surface area contributed by atoms with Crippen LogP contribution in [0.5, 0.6) is 0 Å². The molecule has 1 amide bonds. The van der Waals surface area contributed by atoms with Crippen LogP contribution in [0.2, 0.25) is 0 Å². The topological polar surface area (TPSA) is 58.4 Å². The summed E-state index contributed by atoms with van der Waals surface area (Å²) in [6, 6.07) is 7.63. The Bertz CT molecular complexity index is 477. The highest BCUT2D eigenvalue weighted by Crippen LogP contribution is 2.16. The lowest BCUT2D eigenvalue weighted by Gasteiger charge is -2.26. The third-order valence-corrected chi connectivity index (χ3v) is 4.07. The first-order valence-corrected chi connectivity index (χ1v) is 7.94. The van der Waals surface area contributed by atoms with Crippen molar-refractivity contribution >= 4 is 36.4 Å². The summed E-state index contributed by atoms with van der Waals surface area (Å²) in [6.45, 7) is 7.22. The summed E-state index contributed by atoms with van der Waals surface area (Å²) in [4.78, 5) is 14.5. The number of nitrogens with one attached hydrogen (secondary N) is 1. The lowest BCUT2D eigenvalue weighted by molar-refractivity contribution is -0.118. The van der Waals surface area contributed by atoms with Crippen LogP contribution in [-0.2, 0) is 11.3 Å². The molecule has 0 spiro atoms. The molecule has 1 aromatic carbocycles. The lowest BCUT2D eigenvalue weighted by atomic mass is 10.0. The number of piperidine rings is 1. The molecule has 1 fully saturated rings. The smallest absolute Gasteiger partial charge is 0.241 e. The quantitative estimate of drug-likeness (QED) is 0.844. The third-order valence-electron chi connectivity index (χ3n) is 4.07. The zero-order valence-electron chi connectivity index (χ0n) is 14.0. The van der Waals surface area contributed by atoms with E-state index in [4.69, 9.17) is 5.73 Å². The van der Waals surface area contributed by atoms with E-state index in [1.807, 2.05) is 26.0 Å². The number of hydrogen-bond acceptors (Lipinski definition) is 3. The molecule has 6 heteroatoms. The van der Waals surface area contributed by atoms with Crippen molar-refractivity contribution in [3.63, 3.8) is 0 Å². The molecule has 1 aliphatic rings. The first-order chi connectivity index (χ1) is 10.1. The zero-order valence-corrected chi connectivity index (χ0v) is 15.6. The van der Waals surface area contributed by atoms with Crippen LogP contribution in [0.3, 0.4) is 0 Å². The Morgan fingerprint density at radius 3 is 2.48 bits per heavy atom. The maximum absolute atomic E-state index is 12.0. The van der Waals surface area contributed by atoms with Crippen LogP contribution in [0, 0.1) is 5.92 Å². The monoisotopic (exact) mass is 361 g/mol. The maximum atomic E-state index is 12.0. The largest absolute Gasteiger partial charge is 0.325 e. The average molecular weight is 362 g/mol. The molecule has 3 N–H and O–H groups in total. The van der Waals surface area contributed by atoms with Crippen LogP contribution < -0.4 is 11.1 Å². The summed E-state index contributed by atoms with van der Waals surface area (Å²) in [5, 5.41) is 2.92. The number of halogens is 2. The SMILES string of the molecule is CC(C)C(N)C(=O)Nc1cccc(CN2CCCCC2)c1.Cl.Cl. The van der Waals surface area contributed by atoms with Gasteiger partial charge >= 0.3 is 0 Å². The fraction of sp³-hybridized carbons (Fsp3) is 0.588. The normalized spacial score (nSPS) is 16.2.